The van der Waals surface area contributed by atoms with E-state index in [9.17, 15) is 4.79 Å². The van der Waals surface area contributed by atoms with Gasteiger partial charge in [-0.3, -0.25) is 4.90 Å². The third kappa shape index (κ3) is 2.32. The number of carbonyl (C=O) groups is 1. The van der Waals surface area contributed by atoms with Gasteiger partial charge < -0.3 is 4.74 Å². The molecule has 2 aliphatic rings. The molecule has 1 amide bonds. The van der Waals surface area contributed by atoms with Crippen LogP contribution < -0.4 is 4.90 Å². The van der Waals surface area contributed by atoms with Crippen molar-refractivity contribution in [2.75, 3.05) is 11.5 Å². The fourth-order valence-electron chi connectivity index (χ4n) is 3.35. The van der Waals surface area contributed by atoms with Crippen LogP contribution in [0.2, 0.25) is 0 Å². The van der Waals surface area contributed by atoms with Crippen molar-refractivity contribution in [2.45, 2.75) is 50.9 Å². The third-order valence-corrected chi connectivity index (χ3v) is 5.64. The van der Waals surface area contributed by atoms with Gasteiger partial charge in [0.25, 0.3) is 0 Å². The number of allylic oxidation sites excluding steroid dienone is 2. The predicted octanol–water partition coefficient (Wildman–Crippen LogP) is 4.68. The zero-order valence-electron chi connectivity index (χ0n) is 13.4. The lowest BCUT2D eigenvalue weighted by Gasteiger charge is -2.44. The maximum atomic E-state index is 12.3. The van der Waals surface area contributed by atoms with Gasteiger partial charge in [-0.05, 0) is 51.7 Å². The van der Waals surface area contributed by atoms with Crippen molar-refractivity contribution in [3.8, 4) is 0 Å². The molecule has 118 valence electrons. The summed E-state index contributed by atoms with van der Waals surface area (Å²) in [4.78, 5) is 14.1. The Labute approximate surface area is 136 Å². The van der Waals surface area contributed by atoms with Gasteiger partial charge in [0.15, 0.2) is 0 Å². The first-order chi connectivity index (χ1) is 10.5. The molecule has 3 rings (SSSR count). The molecule has 0 bridgehead atoms. The van der Waals surface area contributed by atoms with E-state index < -0.39 is 5.54 Å². The Morgan fingerprint density at radius 3 is 2.82 bits per heavy atom. The molecule has 1 fully saturated rings. The van der Waals surface area contributed by atoms with Crippen molar-refractivity contribution < 1.29 is 9.53 Å². The maximum Gasteiger partial charge on any atom is 0.415 e. The van der Waals surface area contributed by atoms with Crippen molar-refractivity contribution in [2.24, 2.45) is 0 Å². The molecule has 2 heterocycles. The Morgan fingerprint density at radius 2 is 2.09 bits per heavy atom. The number of benzene rings is 1. The molecule has 0 radical (unpaired) electrons. The molecule has 22 heavy (non-hydrogen) atoms. The van der Waals surface area contributed by atoms with Crippen LogP contribution in [-0.4, -0.2) is 23.6 Å². The van der Waals surface area contributed by atoms with Crippen LogP contribution >= 0.6 is 11.6 Å². The second-order valence-corrected chi connectivity index (χ2v) is 7.10. The molecule has 1 aromatic carbocycles. The Bertz CT molecular complexity index is 636. The minimum atomic E-state index is -0.427. The summed E-state index contributed by atoms with van der Waals surface area (Å²) < 4.78 is 5.41. The second-order valence-electron chi connectivity index (χ2n) is 6.57. The SMILES string of the molecule is CC(C)=C(C)CCC12COC(=O)N1c1ccccc1CC2Cl. The summed E-state index contributed by atoms with van der Waals surface area (Å²) in [5, 5.41) is -0.126. The van der Waals surface area contributed by atoms with E-state index in [-0.39, 0.29) is 11.5 Å². The highest BCUT2D eigenvalue weighted by Crippen LogP contribution is 2.46. The van der Waals surface area contributed by atoms with Crippen LogP contribution in [0.15, 0.2) is 35.4 Å². The summed E-state index contributed by atoms with van der Waals surface area (Å²) in [6, 6.07) is 7.99. The minimum Gasteiger partial charge on any atom is -0.447 e. The van der Waals surface area contributed by atoms with E-state index in [1.807, 2.05) is 29.2 Å². The van der Waals surface area contributed by atoms with Gasteiger partial charge in [-0.2, -0.15) is 0 Å². The summed E-state index contributed by atoms with van der Waals surface area (Å²) in [6.45, 7) is 6.77. The first-order valence-electron chi connectivity index (χ1n) is 7.77. The molecule has 0 aromatic heterocycles. The van der Waals surface area contributed by atoms with Crippen molar-refractivity contribution in [3.05, 3.63) is 41.0 Å². The molecule has 2 aliphatic heterocycles. The average molecular weight is 320 g/mol. The van der Waals surface area contributed by atoms with E-state index in [4.69, 9.17) is 16.3 Å². The Hall–Kier alpha value is -1.48. The first-order valence-corrected chi connectivity index (χ1v) is 8.21. The van der Waals surface area contributed by atoms with Crippen molar-refractivity contribution in [1.82, 2.24) is 0 Å². The number of hydrogen-bond donors (Lipinski definition) is 0. The zero-order chi connectivity index (χ0) is 15.9. The van der Waals surface area contributed by atoms with Crippen LogP contribution in [-0.2, 0) is 11.2 Å². The van der Waals surface area contributed by atoms with Gasteiger partial charge in [-0.1, -0.05) is 29.3 Å². The number of rotatable bonds is 3. The largest absolute Gasteiger partial charge is 0.447 e. The topological polar surface area (TPSA) is 29.5 Å². The lowest BCUT2D eigenvalue weighted by molar-refractivity contribution is 0.170. The highest BCUT2D eigenvalue weighted by molar-refractivity contribution is 6.23. The number of cyclic esters (lactones) is 1. The number of alkyl halides is 1. The fourth-order valence-corrected chi connectivity index (χ4v) is 3.78. The van der Waals surface area contributed by atoms with E-state index in [1.165, 1.54) is 11.1 Å². The summed E-state index contributed by atoms with van der Waals surface area (Å²) in [5.74, 6) is 0. The molecular formula is C18H22ClNO2. The summed E-state index contributed by atoms with van der Waals surface area (Å²) >= 11 is 6.74. The van der Waals surface area contributed by atoms with Gasteiger partial charge in [0.05, 0.1) is 11.1 Å². The molecule has 0 spiro atoms. The number of anilines is 1. The molecule has 0 aliphatic carbocycles. The Kier molecular flexibility index (Phi) is 3.94. The number of amides is 1. The predicted molar refractivity (Wildman–Crippen MR) is 89.6 cm³/mol. The standard InChI is InChI=1S/C18H22ClNO2/c1-12(2)13(3)8-9-18-11-22-17(21)20(18)15-7-5-4-6-14(15)10-16(18)19/h4-7,16H,8-11H2,1-3H3. The van der Waals surface area contributed by atoms with Crippen LogP contribution in [0.1, 0.15) is 39.2 Å². The van der Waals surface area contributed by atoms with Gasteiger partial charge in [0.1, 0.15) is 12.1 Å². The molecule has 1 saturated heterocycles. The normalized spacial score (nSPS) is 26.3. The van der Waals surface area contributed by atoms with Crippen LogP contribution in [0.5, 0.6) is 0 Å². The van der Waals surface area contributed by atoms with Gasteiger partial charge in [0, 0.05) is 0 Å². The van der Waals surface area contributed by atoms with E-state index in [2.05, 4.69) is 20.8 Å². The summed E-state index contributed by atoms with van der Waals surface area (Å²) in [7, 11) is 0. The van der Waals surface area contributed by atoms with Gasteiger partial charge in [0.2, 0.25) is 0 Å². The van der Waals surface area contributed by atoms with Crippen LogP contribution in [0.4, 0.5) is 10.5 Å². The molecule has 2 atom stereocenters. The monoisotopic (exact) mass is 319 g/mol. The summed E-state index contributed by atoms with van der Waals surface area (Å²) in [5.41, 5.74) is 4.34. The van der Waals surface area contributed by atoms with E-state index in [1.54, 1.807) is 0 Å². The van der Waals surface area contributed by atoms with Gasteiger partial charge >= 0.3 is 6.09 Å². The number of fused-ring (bicyclic) bond motifs is 3. The number of carbonyl (C=O) groups excluding carboxylic acids is 1. The van der Waals surface area contributed by atoms with Crippen molar-refractivity contribution >= 4 is 23.4 Å². The Balaban J connectivity index is 1.99. The number of para-hydroxylation sites is 1. The van der Waals surface area contributed by atoms with Crippen LogP contribution in [0, 0.1) is 0 Å². The quantitative estimate of drug-likeness (QED) is 0.598. The highest BCUT2D eigenvalue weighted by atomic mass is 35.5. The van der Waals surface area contributed by atoms with Crippen LogP contribution in [0.3, 0.4) is 0 Å². The number of nitrogens with zero attached hydrogens (tertiary/aromatic N) is 1. The van der Waals surface area contributed by atoms with Crippen molar-refractivity contribution in [3.63, 3.8) is 0 Å². The summed E-state index contributed by atoms with van der Waals surface area (Å²) in [6.07, 6.45) is 2.27. The van der Waals surface area contributed by atoms with E-state index >= 15 is 0 Å². The molecular weight excluding hydrogens is 298 g/mol. The van der Waals surface area contributed by atoms with Crippen molar-refractivity contribution in [1.29, 1.82) is 0 Å². The number of hydrogen-bond acceptors (Lipinski definition) is 2. The first kappa shape index (κ1) is 15.4. The molecule has 1 aromatic rings. The maximum absolute atomic E-state index is 12.3. The molecule has 2 unspecified atom stereocenters. The van der Waals surface area contributed by atoms with E-state index in [0.717, 1.165) is 30.5 Å². The lowest BCUT2D eigenvalue weighted by Crippen LogP contribution is -2.57. The van der Waals surface area contributed by atoms with E-state index in [0.29, 0.717) is 6.61 Å². The third-order valence-electron chi connectivity index (χ3n) is 5.07. The Morgan fingerprint density at radius 1 is 1.36 bits per heavy atom. The molecule has 4 heteroatoms. The number of ether oxygens (including phenoxy) is 1. The lowest BCUT2D eigenvalue weighted by atomic mass is 9.80. The van der Waals surface area contributed by atoms with Crippen LogP contribution in [0.25, 0.3) is 0 Å². The zero-order valence-corrected chi connectivity index (χ0v) is 14.1. The molecule has 0 N–H and O–H groups in total. The van der Waals surface area contributed by atoms with Gasteiger partial charge in [-0.15, -0.1) is 11.6 Å². The fraction of sp³-hybridized carbons (Fsp3) is 0.500. The minimum absolute atomic E-state index is 0.126. The smallest absolute Gasteiger partial charge is 0.415 e. The average Bonchev–Trinajstić information content (AvgIpc) is 2.84. The second kappa shape index (κ2) is 5.62. The number of halogens is 1. The molecule has 0 saturated carbocycles. The van der Waals surface area contributed by atoms with Gasteiger partial charge in [-0.25, -0.2) is 4.79 Å². The highest BCUT2D eigenvalue weighted by Gasteiger charge is 2.55. The molecule has 3 nitrogen and oxygen atoms in total.